The highest BCUT2D eigenvalue weighted by molar-refractivity contribution is 7.56. The summed E-state index contributed by atoms with van der Waals surface area (Å²) < 4.78 is 29.3. The van der Waals surface area contributed by atoms with Gasteiger partial charge in [-0.25, -0.2) is 18.7 Å². The Bertz CT molecular complexity index is 1240. The second kappa shape index (κ2) is 9.75. The maximum absolute atomic E-state index is 15.0. The molecule has 1 aromatic carbocycles. The number of nitriles is 1. The SMILES string of the molecule is Cc1nc2cc(F)c(N3CCC(P(C)C)CC3)nc2c(NCc2cc(C#N)ccc2F)c1Cl. The predicted octanol–water partition coefficient (Wildman–Crippen LogP) is 6.06. The van der Waals surface area contributed by atoms with Gasteiger partial charge in [0.05, 0.1) is 33.6 Å². The van der Waals surface area contributed by atoms with Crippen LogP contribution < -0.4 is 10.2 Å². The van der Waals surface area contributed by atoms with Gasteiger partial charge in [0.25, 0.3) is 0 Å². The third kappa shape index (κ3) is 4.88. The number of rotatable bonds is 5. The number of aromatic nitrogens is 2. The summed E-state index contributed by atoms with van der Waals surface area (Å²) in [6.07, 6.45) is 2.04. The molecule has 5 nitrogen and oxygen atoms in total. The van der Waals surface area contributed by atoms with E-state index in [1.54, 1.807) is 6.92 Å². The normalized spacial score (nSPS) is 14.7. The lowest BCUT2D eigenvalue weighted by atomic mass is 10.1. The van der Waals surface area contributed by atoms with Crippen molar-refractivity contribution in [1.82, 2.24) is 9.97 Å². The number of fused-ring (bicyclic) bond motifs is 1. The average Bonchev–Trinajstić information content (AvgIpc) is 2.80. The zero-order valence-electron chi connectivity index (χ0n) is 18.8. The van der Waals surface area contributed by atoms with Gasteiger partial charge < -0.3 is 10.2 Å². The second-order valence-electron chi connectivity index (χ2n) is 8.50. The van der Waals surface area contributed by atoms with Crippen LogP contribution in [0.3, 0.4) is 0 Å². The Kier molecular flexibility index (Phi) is 6.97. The van der Waals surface area contributed by atoms with Crippen molar-refractivity contribution in [3.63, 3.8) is 0 Å². The molecule has 0 atom stereocenters. The first-order valence-electron chi connectivity index (χ1n) is 10.8. The van der Waals surface area contributed by atoms with Crippen molar-refractivity contribution in [1.29, 1.82) is 5.26 Å². The zero-order valence-corrected chi connectivity index (χ0v) is 20.4. The van der Waals surface area contributed by atoms with E-state index in [9.17, 15) is 4.39 Å². The Morgan fingerprint density at radius 1 is 1.18 bits per heavy atom. The molecule has 1 N–H and O–H groups in total. The number of benzene rings is 1. The van der Waals surface area contributed by atoms with Gasteiger partial charge >= 0.3 is 0 Å². The Morgan fingerprint density at radius 3 is 2.58 bits per heavy atom. The van der Waals surface area contributed by atoms with Crippen LogP contribution >= 0.6 is 19.5 Å². The highest BCUT2D eigenvalue weighted by atomic mass is 35.5. The molecule has 1 fully saturated rings. The molecule has 0 bridgehead atoms. The first kappa shape index (κ1) is 23.6. The number of pyridine rings is 2. The minimum atomic E-state index is -0.429. The molecule has 0 saturated carbocycles. The number of nitrogens with zero attached hydrogens (tertiary/aromatic N) is 4. The van der Waals surface area contributed by atoms with E-state index in [-0.39, 0.29) is 14.5 Å². The van der Waals surface area contributed by atoms with E-state index in [0.29, 0.717) is 50.0 Å². The summed E-state index contributed by atoms with van der Waals surface area (Å²) >= 11 is 6.55. The summed E-state index contributed by atoms with van der Waals surface area (Å²) in [6.45, 7) is 7.90. The summed E-state index contributed by atoms with van der Waals surface area (Å²) in [6, 6.07) is 7.59. The van der Waals surface area contributed by atoms with Crippen molar-refractivity contribution in [3.8, 4) is 6.07 Å². The third-order valence-corrected chi connectivity index (χ3v) is 8.56. The first-order chi connectivity index (χ1) is 15.8. The van der Waals surface area contributed by atoms with Crippen molar-refractivity contribution in [2.75, 3.05) is 36.6 Å². The molecule has 9 heteroatoms. The van der Waals surface area contributed by atoms with Gasteiger partial charge in [0.2, 0.25) is 0 Å². The third-order valence-electron chi connectivity index (χ3n) is 6.12. The van der Waals surface area contributed by atoms with Gasteiger partial charge in [-0.1, -0.05) is 11.6 Å². The van der Waals surface area contributed by atoms with Gasteiger partial charge in [0, 0.05) is 31.3 Å². The van der Waals surface area contributed by atoms with E-state index in [1.807, 2.05) is 11.0 Å². The molecular weight excluding hydrogens is 463 g/mol. The van der Waals surface area contributed by atoms with Gasteiger partial charge in [-0.15, -0.1) is 7.92 Å². The van der Waals surface area contributed by atoms with Gasteiger partial charge in [0.15, 0.2) is 11.6 Å². The van der Waals surface area contributed by atoms with Crippen LogP contribution in [0.15, 0.2) is 24.3 Å². The monoisotopic (exact) mass is 487 g/mol. The van der Waals surface area contributed by atoms with E-state index in [4.69, 9.17) is 16.9 Å². The van der Waals surface area contributed by atoms with Crippen molar-refractivity contribution < 1.29 is 8.78 Å². The molecule has 4 rings (SSSR count). The molecule has 0 unspecified atom stereocenters. The van der Waals surface area contributed by atoms with Crippen LogP contribution in [0.4, 0.5) is 20.3 Å². The smallest absolute Gasteiger partial charge is 0.167 e. The van der Waals surface area contributed by atoms with Crippen molar-refractivity contribution >= 4 is 42.1 Å². The van der Waals surface area contributed by atoms with Gasteiger partial charge in [-0.2, -0.15) is 5.26 Å². The maximum Gasteiger partial charge on any atom is 0.167 e. The molecule has 33 heavy (non-hydrogen) atoms. The fourth-order valence-electron chi connectivity index (χ4n) is 4.19. The fraction of sp³-hybridized carbons (Fsp3) is 0.375. The Balaban J connectivity index is 1.70. The number of aryl methyl sites for hydroxylation is 1. The molecule has 1 aliphatic heterocycles. The highest BCUT2D eigenvalue weighted by Crippen LogP contribution is 2.40. The van der Waals surface area contributed by atoms with Crippen molar-refractivity contribution in [3.05, 3.63) is 57.7 Å². The quantitative estimate of drug-likeness (QED) is 0.443. The second-order valence-corrected chi connectivity index (χ2v) is 11.5. The van der Waals surface area contributed by atoms with Crippen LogP contribution in [0.1, 0.15) is 29.7 Å². The van der Waals surface area contributed by atoms with Gasteiger partial charge in [0.1, 0.15) is 11.3 Å². The van der Waals surface area contributed by atoms with Crippen LogP contribution in [0.2, 0.25) is 5.02 Å². The zero-order chi connectivity index (χ0) is 23.7. The van der Waals surface area contributed by atoms with E-state index in [2.05, 4.69) is 28.6 Å². The van der Waals surface area contributed by atoms with E-state index < -0.39 is 11.6 Å². The van der Waals surface area contributed by atoms with Crippen LogP contribution in [-0.4, -0.2) is 42.0 Å². The van der Waals surface area contributed by atoms with Crippen molar-refractivity contribution in [2.45, 2.75) is 32.0 Å². The van der Waals surface area contributed by atoms with Crippen LogP contribution in [0.25, 0.3) is 11.0 Å². The first-order valence-corrected chi connectivity index (χ1v) is 13.5. The lowest BCUT2D eigenvalue weighted by Gasteiger charge is -2.35. The number of hydrogen-bond donors (Lipinski definition) is 1. The largest absolute Gasteiger partial charge is 0.378 e. The summed E-state index contributed by atoms with van der Waals surface area (Å²) in [5.74, 6) is -0.550. The van der Waals surface area contributed by atoms with Gasteiger partial charge in [-0.3, -0.25) is 0 Å². The van der Waals surface area contributed by atoms with Crippen molar-refractivity contribution in [2.24, 2.45) is 0 Å². The molecule has 0 aliphatic carbocycles. The lowest BCUT2D eigenvalue weighted by Crippen LogP contribution is -2.36. The van der Waals surface area contributed by atoms with Crippen LogP contribution in [0, 0.1) is 29.9 Å². The molecule has 3 heterocycles. The highest BCUT2D eigenvalue weighted by Gasteiger charge is 2.25. The lowest BCUT2D eigenvalue weighted by molar-refractivity contribution is 0.556. The summed E-state index contributed by atoms with van der Waals surface area (Å²) in [7, 11) is -0.0183. The predicted molar refractivity (Wildman–Crippen MR) is 132 cm³/mol. The molecule has 0 radical (unpaired) electrons. The Hall–Kier alpha value is -2.55. The fourth-order valence-corrected chi connectivity index (χ4v) is 5.66. The van der Waals surface area contributed by atoms with Crippen LogP contribution in [-0.2, 0) is 6.54 Å². The molecular formula is C24H25ClF2N5P. The molecule has 0 spiro atoms. The van der Waals surface area contributed by atoms with E-state index in [1.165, 1.54) is 24.3 Å². The maximum atomic E-state index is 15.0. The Morgan fingerprint density at radius 2 is 1.91 bits per heavy atom. The molecule has 1 aliphatic rings. The molecule has 1 saturated heterocycles. The number of halogens is 3. The molecule has 172 valence electrons. The number of piperidine rings is 1. The number of anilines is 2. The number of hydrogen-bond acceptors (Lipinski definition) is 5. The van der Waals surface area contributed by atoms with Gasteiger partial charge in [-0.05, 0) is 57.0 Å². The molecule has 2 aromatic heterocycles. The Labute approximate surface area is 198 Å². The summed E-state index contributed by atoms with van der Waals surface area (Å²) in [4.78, 5) is 11.0. The minimum absolute atomic E-state index is 0.0183. The molecule has 0 amide bonds. The standard InChI is InChI=1S/C24H25ClF2N5P/c1-14-21(25)23(29-13-16-10-15(12-28)4-5-18(16)26)22-20(30-14)11-19(27)24(31-22)32-8-6-17(7-9-32)33(2)3/h4-5,10-11,17H,6-9,13H2,1-3H3,(H,29,30). The topological polar surface area (TPSA) is 64.8 Å². The summed E-state index contributed by atoms with van der Waals surface area (Å²) in [5, 5.41) is 12.6. The van der Waals surface area contributed by atoms with Crippen LogP contribution in [0.5, 0.6) is 0 Å². The van der Waals surface area contributed by atoms with E-state index in [0.717, 1.165) is 25.9 Å². The summed E-state index contributed by atoms with van der Waals surface area (Å²) in [5.41, 5.74) is 3.20. The van der Waals surface area contributed by atoms with E-state index >= 15 is 4.39 Å². The number of nitrogens with one attached hydrogen (secondary N) is 1. The minimum Gasteiger partial charge on any atom is -0.378 e. The molecule has 3 aromatic rings. The average molecular weight is 488 g/mol.